The van der Waals surface area contributed by atoms with E-state index in [0.717, 1.165) is 11.3 Å². The minimum atomic E-state index is 0.151. The van der Waals surface area contributed by atoms with Gasteiger partial charge in [0.05, 0.1) is 11.1 Å². The summed E-state index contributed by atoms with van der Waals surface area (Å²) >= 11 is 5.91. The Morgan fingerprint density at radius 3 is 2.58 bits per heavy atom. The normalized spacial score (nSPS) is 10.4. The maximum absolute atomic E-state index is 5.91. The molecule has 0 aliphatic carbocycles. The van der Waals surface area contributed by atoms with Crippen LogP contribution in [0.15, 0.2) is 18.2 Å². The maximum Gasteiger partial charge on any atom is 0.138 e. The van der Waals surface area contributed by atoms with E-state index in [0.29, 0.717) is 5.02 Å². The summed E-state index contributed by atoms with van der Waals surface area (Å²) in [6.07, 6.45) is 0.151. The Labute approximate surface area is 78.3 Å². The van der Waals surface area contributed by atoms with E-state index in [1.807, 2.05) is 26.0 Å². The first-order valence-electron chi connectivity index (χ1n) is 3.88. The highest BCUT2D eigenvalue weighted by atomic mass is 35.5. The van der Waals surface area contributed by atoms with Crippen LogP contribution in [0.5, 0.6) is 5.75 Å². The Bertz CT molecular complexity index is 269. The Morgan fingerprint density at radius 2 is 2.08 bits per heavy atom. The largest absolute Gasteiger partial charge is 0.489 e. The second-order valence-electron chi connectivity index (χ2n) is 2.93. The second-order valence-corrected chi connectivity index (χ2v) is 3.34. The molecule has 1 aromatic carbocycles. The van der Waals surface area contributed by atoms with Gasteiger partial charge in [-0.05, 0) is 38.5 Å². The molecule has 0 aliphatic heterocycles. The van der Waals surface area contributed by atoms with Crippen LogP contribution in [0.4, 0.5) is 0 Å². The SMILES string of the molecule is [CH2]c1ccc(OC(C)C)c(Cl)c1. The quantitative estimate of drug-likeness (QED) is 0.684. The van der Waals surface area contributed by atoms with Crippen LogP contribution in [-0.2, 0) is 0 Å². The molecule has 1 nitrogen and oxygen atoms in total. The van der Waals surface area contributed by atoms with Crippen LogP contribution in [0.2, 0.25) is 5.02 Å². The van der Waals surface area contributed by atoms with Crippen molar-refractivity contribution in [2.75, 3.05) is 0 Å². The number of rotatable bonds is 2. The highest BCUT2D eigenvalue weighted by Crippen LogP contribution is 2.25. The standard InChI is InChI=1S/C10H12ClO/c1-7(2)12-10-5-4-8(3)6-9(10)11/h4-7H,3H2,1-2H3. The summed E-state index contributed by atoms with van der Waals surface area (Å²) in [5.41, 5.74) is 0.899. The first kappa shape index (κ1) is 9.40. The van der Waals surface area contributed by atoms with Crippen molar-refractivity contribution in [3.05, 3.63) is 35.7 Å². The Balaban J connectivity index is 2.86. The first-order valence-corrected chi connectivity index (χ1v) is 4.25. The van der Waals surface area contributed by atoms with Gasteiger partial charge in [-0.1, -0.05) is 17.7 Å². The molecule has 0 aliphatic rings. The fraction of sp³-hybridized carbons (Fsp3) is 0.300. The smallest absolute Gasteiger partial charge is 0.138 e. The van der Waals surface area contributed by atoms with Crippen LogP contribution >= 0.6 is 11.6 Å². The Morgan fingerprint density at radius 1 is 1.42 bits per heavy atom. The number of halogens is 1. The van der Waals surface area contributed by atoms with E-state index in [-0.39, 0.29) is 6.10 Å². The Hall–Kier alpha value is -0.690. The summed E-state index contributed by atoms with van der Waals surface area (Å²) in [4.78, 5) is 0. The summed E-state index contributed by atoms with van der Waals surface area (Å²) in [5, 5.41) is 0.621. The van der Waals surface area contributed by atoms with Gasteiger partial charge in [0.1, 0.15) is 5.75 Å². The molecule has 0 atom stereocenters. The molecule has 0 aromatic heterocycles. The van der Waals surface area contributed by atoms with E-state index in [1.165, 1.54) is 0 Å². The maximum atomic E-state index is 5.91. The molecular weight excluding hydrogens is 172 g/mol. The van der Waals surface area contributed by atoms with Gasteiger partial charge in [0.2, 0.25) is 0 Å². The zero-order valence-corrected chi connectivity index (χ0v) is 8.06. The van der Waals surface area contributed by atoms with E-state index in [4.69, 9.17) is 16.3 Å². The molecule has 0 amide bonds. The molecule has 0 N–H and O–H groups in total. The van der Waals surface area contributed by atoms with Crippen LogP contribution in [0.25, 0.3) is 0 Å². The lowest BCUT2D eigenvalue weighted by Gasteiger charge is -2.11. The molecule has 65 valence electrons. The van der Waals surface area contributed by atoms with Crippen LogP contribution in [0, 0.1) is 6.92 Å². The number of hydrogen-bond donors (Lipinski definition) is 0. The third kappa shape index (κ3) is 2.42. The molecule has 0 fully saturated rings. The minimum Gasteiger partial charge on any atom is -0.489 e. The van der Waals surface area contributed by atoms with Crippen molar-refractivity contribution in [1.29, 1.82) is 0 Å². The van der Waals surface area contributed by atoms with Crippen molar-refractivity contribution in [2.24, 2.45) is 0 Å². The van der Waals surface area contributed by atoms with E-state index in [1.54, 1.807) is 6.07 Å². The van der Waals surface area contributed by atoms with Gasteiger partial charge in [0, 0.05) is 0 Å². The summed E-state index contributed by atoms with van der Waals surface area (Å²) in [7, 11) is 0. The molecule has 1 radical (unpaired) electrons. The molecule has 0 spiro atoms. The fourth-order valence-electron chi connectivity index (χ4n) is 0.894. The topological polar surface area (TPSA) is 9.23 Å². The molecule has 12 heavy (non-hydrogen) atoms. The van der Waals surface area contributed by atoms with Gasteiger partial charge in [-0.15, -0.1) is 0 Å². The van der Waals surface area contributed by atoms with E-state index in [2.05, 4.69) is 6.92 Å². The third-order valence-electron chi connectivity index (χ3n) is 1.36. The van der Waals surface area contributed by atoms with E-state index >= 15 is 0 Å². The van der Waals surface area contributed by atoms with Crippen molar-refractivity contribution in [1.82, 2.24) is 0 Å². The highest BCUT2D eigenvalue weighted by molar-refractivity contribution is 6.32. The first-order chi connectivity index (χ1) is 5.59. The monoisotopic (exact) mass is 183 g/mol. The predicted octanol–water partition coefficient (Wildman–Crippen LogP) is 3.31. The van der Waals surface area contributed by atoms with Crippen LogP contribution in [0.3, 0.4) is 0 Å². The van der Waals surface area contributed by atoms with E-state index in [9.17, 15) is 0 Å². The second kappa shape index (κ2) is 3.81. The lowest BCUT2D eigenvalue weighted by Crippen LogP contribution is -2.05. The van der Waals surface area contributed by atoms with Gasteiger partial charge in [-0.3, -0.25) is 0 Å². The average molecular weight is 184 g/mol. The highest BCUT2D eigenvalue weighted by Gasteiger charge is 2.02. The molecule has 0 heterocycles. The molecule has 0 saturated heterocycles. The zero-order chi connectivity index (χ0) is 9.14. The molecule has 0 saturated carbocycles. The molecular formula is C10H12ClO. The van der Waals surface area contributed by atoms with Gasteiger partial charge >= 0.3 is 0 Å². The van der Waals surface area contributed by atoms with Crippen molar-refractivity contribution < 1.29 is 4.74 Å². The minimum absolute atomic E-state index is 0.151. The van der Waals surface area contributed by atoms with Gasteiger partial charge in [0.15, 0.2) is 0 Å². The van der Waals surface area contributed by atoms with Crippen molar-refractivity contribution in [3.63, 3.8) is 0 Å². The third-order valence-corrected chi connectivity index (χ3v) is 1.65. The molecule has 0 unspecified atom stereocenters. The van der Waals surface area contributed by atoms with Gasteiger partial charge in [0.25, 0.3) is 0 Å². The molecule has 2 heteroatoms. The van der Waals surface area contributed by atoms with Crippen LogP contribution in [0.1, 0.15) is 19.4 Å². The van der Waals surface area contributed by atoms with Crippen LogP contribution in [-0.4, -0.2) is 6.10 Å². The number of benzene rings is 1. The summed E-state index contributed by atoms with van der Waals surface area (Å²) < 4.78 is 5.44. The Kier molecular flexibility index (Phi) is 2.99. The summed E-state index contributed by atoms with van der Waals surface area (Å²) in [5.74, 6) is 0.721. The van der Waals surface area contributed by atoms with Gasteiger partial charge < -0.3 is 4.74 Å². The van der Waals surface area contributed by atoms with Crippen molar-refractivity contribution in [3.8, 4) is 5.75 Å². The lowest BCUT2D eigenvalue weighted by molar-refractivity contribution is 0.242. The van der Waals surface area contributed by atoms with Gasteiger partial charge in [-0.2, -0.15) is 0 Å². The predicted molar refractivity (Wildman–Crippen MR) is 51.7 cm³/mol. The lowest BCUT2D eigenvalue weighted by atomic mass is 10.2. The molecule has 1 rings (SSSR count). The fourth-order valence-corrected chi connectivity index (χ4v) is 1.14. The number of ether oxygens (including phenoxy) is 1. The summed E-state index contributed by atoms with van der Waals surface area (Å²) in [6, 6.07) is 5.51. The molecule has 0 bridgehead atoms. The molecule has 1 aromatic rings. The number of hydrogen-bond acceptors (Lipinski definition) is 1. The zero-order valence-electron chi connectivity index (χ0n) is 7.30. The average Bonchev–Trinajstić information content (AvgIpc) is 1.94. The van der Waals surface area contributed by atoms with Crippen molar-refractivity contribution in [2.45, 2.75) is 20.0 Å². The van der Waals surface area contributed by atoms with Gasteiger partial charge in [-0.25, -0.2) is 0 Å². The van der Waals surface area contributed by atoms with E-state index < -0.39 is 0 Å². The summed E-state index contributed by atoms with van der Waals surface area (Å²) in [6.45, 7) is 7.70. The van der Waals surface area contributed by atoms with Crippen LogP contribution < -0.4 is 4.74 Å². The van der Waals surface area contributed by atoms with Crippen molar-refractivity contribution >= 4 is 11.6 Å².